The molecule has 0 aliphatic carbocycles. The van der Waals surface area contributed by atoms with Crippen LogP contribution in [0.5, 0.6) is 0 Å². The van der Waals surface area contributed by atoms with Crippen LogP contribution in [0, 0.1) is 5.92 Å². The van der Waals surface area contributed by atoms with E-state index in [9.17, 15) is 0 Å². The SMILES string of the molecule is CCC(C)CCP(P)PP. The Kier molecular flexibility index (Phi) is 8.64. The molecule has 0 heterocycles. The Labute approximate surface area is 72.3 Å². The van der Waals surface area contributed by atoms with Crippen molar-refractivity contribution in [3.8, 4) is 0 Å². The van der Waals surface area contributed by atoms with E-state index in [0.717, 1.165) is 13.9 Å². The quantitative estimate of drug-likeness (QED) is 0.605. The normalized spacial score (nSPS) is 18.0. The van der Waals surface area contributed by atoms with Crippen molar-refractivity contribution in [1.82, 2.24) is 0 Å². The van der Waals surface area contributed by atoms with Gasteiger partial charge in [-0.25, -0.2) is 0 Å². The molecule has 0 bridgehead atoms. The molecule has 0 radical (unpaired) electrons. The fourth-order valence-corrected chi connectivity index (χ4v) is 3.86. The molecule has 0 aliphatic heterocycles. The first-order valence-electron chi connectivity index (χ1n) is 3.69. The van der Waals surface area contributed by atoms with Crippen LogP contribution in [-0.2, 0) is 0 Å². The zero-order valence-corrected chi connectivity index (χ0v) is 11.0. The molecule has 5 atom stereocenters. The van der Waals surface area contributed by atoms with Crippen molar-refractivity contribution in [2.24, 2.45) is 5.92 Å². The average molecular weight is 214 g/mol. The summed E-state index contributed by atoms with van der Waals surface area (Å²) in [5, 5.41) is 0. The van der Waals surface area contributed by atoms with Crippen LogP contribution in [0.4, 0.5) is 0 Å². The van der Waals surface area contributed by atoms with Crippen LogP contribution in [-0.4, -0.2) is 6.16 Å². The lowest BCUT2D eigenvalue weighted by atomic mass is 10.1. The van der Waals surface area contributed by atoms with E-state index in [0.29, 0.717) is 7.30 Å². The number of hydrogen-bond acceptors (Lipinski definition) is 0. The topological polar surface area (TPSA) is 0 Å². The third-order valence-electron chi connectivity index (χ3n) is 1.73. The number of rotatable bonds is 5. The molecule has 0 spiro atoms. The Balaban J connectivity index is 3.17. The number of hydrogen-bond donors (Lipinski definition) is 0. The van der Waals surface area contributed by atoms with Gasteiger partial charge in [0.2, 0.25) is 0 Å². The van der Waals surface area contributed by atoms with Gasteiger partial charge in [-0.1, -0.05) is 35.5 Å². The van der Waals surface area contributed by atoms with Gasteiger partial charge in [-0.3, -0.25) is 0 Å². The van der Waals surface area contributed by atoms with E-state index in [-0.39, 0.29) is 0 Å². The molecule has 4 heteroatoms. The maximum absolute atomic E-state index is 2.98. The summed E-state index contributed by atoms with van der Waals surface area (Å²) in [5.74, 6) is 0.937. The molecule has 0 aromatic carbocycles. The molecule has 0 fully saturated rings. The fourth-order valence-electron chi connectivity index (χ4n) is 0.628. The van der Waals surface area contributed by atoms with Crippen LogP contribution in [0.25, 0.3) is 0 Å². The van der Waals surface area contributed by atoms with E-state index in [1.54, 1.807) is 0 Å². The van der Waals surface area contributed by atoms with Crippen molar-refractivity contribution in [2.75, 3.05) is 6.16 Å². The van der Waals surface area contributed by atoms with Crippen molar-refractivity contribution < 1.29 is 0 Å². The minimum absolute atomic E-state index is 0.291. The Morgan fingerprint density at radius 3 is 2.60 bits per heavy atom. The molecule has 0 nitrogen and oxygen atoms in total. The molecular weight excluding hydrogens is 196 g/mol. The van der Waals surface area contributed by atoms with Gasteiger partial charge in [0.15, 0.2) is 0 Å². The average Bonchev–Trinajstić information content (AvgIpc) is 1.99. The van der Waals surface area contributed by atoms with Crippen LogP contribution in [0.1, 0.15) is 26.7 Å². The minimum atomic E-state index is 0.291. The molecule has 0 saturated heterocycles. The Bertz CT molecular complexity index is 66.1. The largest absolute Gasteiger partial charge is 0.110 e. The maximum Gasteiger partial charge on any atom is -0.0250 e. The van der Waals surface area contributed by atoms with Gasteiger partial charge in [0, 0.05) is 0 Å². The van der Waals surface area contributed by atoms with Crippen molar-refractivity contribution in [3.63, 3.8) is 0 Å². The first-order chi connectivity index (χ1) is 4.70. The lowest BCUT2D eigenvalue weighted by Crippen LogP contribution is -1.92. The predicted molar refractivity (Wildman–Crippen MR) is 63.6 cm³/mol. The summed E-state index contributed by atoms with van der Waals surface area (Å²) in [4.78, 5) is 0. The summed E-state index contributed by atoms with van der Waals surface area (Å²) in [7, 11) is 7.20. The highest BCUT2D eigenvalue weighted by Gasteiger charge is 2.01. The van der Waals surface area contributed by atoms with E-state index >= 15 is 0 Å². The molecule has 0 saturated carbocycles. The fraction of sp³-hybridized carbons (Fsp3) is 1.00. The van der Waals surface area contributed by atoms with E-state index in [4.69, 9.17) is 0 Å². The molecule has 0 aliphatic rings. The van der Waals surface area contributed by atoms with Gasteiger partial charge in [0.05, 0.1) is 0 Å². The van der Waals surface area contributed by atoms with Crippen LogP contribution >= 0.6 is 33.1 Å². The lowest BCUT2D eigenvalue weighted by molar-refractivity contribution is 0.548. The molecule has 0 aromatic heterocycles. The van der Waals surface area contributed by atoms with Crippen LogP contribution in [0.2, 0.25) is 0 Å². The second kappa shape index (κ2) is 7.37. The van der Waals surface area contributed by atoms with Gasteiger partial charge < -0.3 is 0 Å². The van der Waals surface area contributed by atoms with E-state index < -0.39 is 0 Å². The summed E-state index contributed by atoms with van der Waals surface area (Å²) < 4.78 is 0. The molecular formula is C6H18P4. The van der Waals surface area contributed by atoms with Crippen LogP contribution < -0.4 is 0 Å². The van der Waals surface area contributed by atoms with Crippen molar-refractivity contribution >= 4 is 33.1 Å². The summed E-state index contributed by atoms with van der Waals surface area (Å²) in [5.41, 5.74) is 0. The molecule has 0 rings (SSSR count). The van der Waals surface area contributed by atoms with Gasteiger partial charge in [0.25, 0.3) is 0 Å². The monoisotopic (exact) mass is 214 g/mol. The Morgan fingerprint density at radius 2 is 2.20 bits per heavy atom. The molecule has 10 heavy (non-hydrogen) atoms. The smallest absolute Gasteiger partial charge is 0.0250 e. The minimum Gasteiger partial charge on any atom is -0.110 e. The third-order valence-corrected chi connectivity index (χ3v) is 12.2. The Hall–Kier alpha value is 1.72. The molecule has 0 N–H and O–H groups in total. The van der Waals surface area contributed by atoms with Crippen LogP contribution in [0.15, 0.2) is 0 Å². The van der Waals surface area contributed by atoms with Crippen molar-refractivity contribution in [3.05, 3.63) is 0 Å². The summed E-state index contributed by atoms with van der Waals surface area (Å²) >= 11 is 0. The van der Waals surface area contributed by atoms with Gasteiger partial charge in [-0.15, -0.1) is 17.9 Å². The summed E-state index contributed by atoms with van der Waals surface area (Å²) in [6.45, 7) is 4.62. The van der Waals surface area contributed by atoms with Crippen LogP contribution in [0.3, 0.4) is 0 Å². The summed E-state index contributed by atoms with van der Waals surface area (Å²) in [6, 6.07) is 0. The predicted octanol–water partition coefficient (Wildman–Crippen LogP) is 4.08. The van der Waals surface area contributed by atoms with Gasteiger partial charge in [0.1, 0.15) is 0 Å². The summed E-state index contributed by atoms with van der Waals surface area (Å²) in [6.07, 6.45) is 4.21. The van der Waals surface area contributed by atoms with Crippen molar-refractivity contribution in [2.45, 2.75) is 26.7 Å². The maximum atomic E-state index is 2.98. The van der Waals surface area contributed by atoms with E-state index in [1.165, 1.54) is 19.0 Å². The lowest BCUT2D eigenvalue weighted by Gasteiger charge is -2.11. The van der Waals surface area contributed by atoms with E-state index in [1.807, 2.05) is 0 Å². The highest BCUT2D eigenvalue weighted by molar-refractivity contribution is 8.61. The second-order valence-corrected chi connectivity index (χ2v) is 12.5. The zero-order valence-electron chi connectivity index (χ0n) is 6.80. The second-order valence-electron chi connectivity index (χ2n) is 2.62. The van der Waals surface area contributed by atoms with Gasteiger partial charge >= 0.3 is 0 Å². The molecule has 62 valence electrons. The van der Waals surface area contributed by atoms with Crippen molar-refractivity contribution in [1.29, 1.82) is 0 Å². The molecule has 0 amide bonds. The highest BCUT2D eigenvalue weighted by Crippen LogP contribution is 2.66. The van der Waals surface area contributed by atoms with Gasteiger partial charge in [-0.2, -0.15) is 0 Å². The zero-order chi connectivity index (χ0) is 7.98. The first-order valence-corrected chi connectivity index (χ1v) is 10.5. The highest BCUT2D eigenvalue weighted by atomic mass is 32.6. The standard InChI is InChI=1S/C6H18P4/c1-3-6(2)4-5-10(8)9-7/h6,9H,3-5,7-8H2,1-2H3. The van der Waals surface area contributed by atoms with Gasteiger partial charge in [-0.05, 0) is 18.5 Å². The molecule has 5 unspecified atom stereocenters. The third kappa shape index (κ3) is 6.43. The Morgan fingerprint density at radius 1 is 1.60 bits per heavy atom. The first kappa shape index (κ1) is 11.7. The van der Waals surface area contributed by atoms with E-state index in [2.05, 4.69) is 31.7 Å². The molecule has 0 aromatic rings.